The predicted molar refractivity (Wildman–Crippen MR) is 141 cm³/mol. The molecule has 2 aliphatic heterocycles. The summed E-state index contributed by atoms with van der Waals surface area (Å²) in [5, 5.41) is 21.1. The second-order valence-electron chi connectivity index (χ2n) is 13.4. The number of hydrogen-bond acceptors (Lipinski definition) is 8. The molecule has 10 nitrogen and oxygen atoms in total. The number of aliphatic hydroxyl groups excluding tert-OH is 1. The topological polar surface area (TPSA) is 118 Å². The van der Waals surface area contributed by atoms with Crippen molar-refractivity contribution in [1.29, 1.82) is 0 Å². The lowest BCUT2D eigenvalue weighted by Crippen LogP contribution is -2.54. The van der Waals surface area contributed by atoms with Crippen LogP contribution in [0.4, 0.5) is 4.79 Å². The number of carbonyl (C=O) groups is 2. The molecule has 0 aromatic carbocycles. The summed E-state index contributed by atoms with van der Waals surface area (Å²) in [5.41, 5.74) is -3.70. The number of nitrogens with zero attached hydrogens (tertiary/aromatic N) is 2. The standard InChI is InChI=1S/C26H49BN2O8/c1-22(2,3)34-20(32)28(11)18-16-26(19(30)31,29(17-18)21(33)35-23(4,5)6)14-12-13-15-27-36-24(7,8)25(9,10)37-27/h18,20,32H,12-17H2,1-11H3,(H,30,31)/t18-,20?,26-/m1/s1. The Morgan fingerprint density at radius 1 is 1.05 bits per heavy atom. The molecule has 1 amide bonds. The van der Waals surface area contributed by atoms with Crippen LogP contribution in [0.25, 0.3) is 0 Å². The summed E-state index contributed by atoms with van der Waals surface area (Å²) in [7, 11) is 1.31. The molecule has 2 heterocycles. The Kier molecular flexibility index (Phi) is 9.46. The zero-order valence-electron chi connectivity index (χ0n) is 24.7. The SMILES string of the molecule is CN(C(O)OC(C)(C)C)[C@H]1CN(C(=O)OC(C)(C)C)[C@@](CCCCB2OC(C)(C)C(C)(C)O2)(C(=O)O)C1. The minimum Gasteiger partial charge on any atom is -0.479 e. The first-order valence-corrected chi connectivity index (χ1v) is 13.3. The Hall–Kier alpha value is -1.40. The molecule has 11 heteroatoms. The van der Waals surface area contributed by atoms with Crippen molar-refractivity contribution in [3.05, 3.63) is 0 Å². The van der Waals surface area contributed by atoms with Crippen LogP contribution in [-0.4, -0.2) is 93.2 Å². The van der Waals surface area contributed by atoms with Gasteiger partial charge < -0.3 is 29.0 Å². The molecule has 0 spiro atoms. The van der Waals surface area contributed by atoms with Gasteiger partial charge in [-0.05, 0) is 95.4 Å². The summed E-state index contributed by atoms with van der Waals surface area (Å²) in [4.78, 5) is 28.9. The molecule has 214 valence electrons. The maximum Gasteiger partial charge on any atom is 0.457 e. The van der Waals surface area contributed by atoms with E-state index in [1.165, 1.54) is 4.90 Å². The van der Waals surface area contributed by atoms with Crippen molar-refractivity contribution in [2.24, 2.45) is 0 Å². The van der Waals surface area contributed by atoms with Gasteiger partial charge in [0.15, 0.2) is 0 Å². The number of likely N-dealkylation sites (N-methyl/N-ethyl adjacent to an activating group) is 1. The van der Waals surface area contributed by atoms with Crippen LogP contribution in [0.15, 0.2) is 0 Å². The first-order chi connectivity index (χ1) is 16.6. The van der Waals surface area contributed by atoms with Gasteiger partial charge >= 0.3 is 19.2 Å². The molecular weight excluding hydrogens is 479 g/mol. The number of aliphatic carboxylic acids is 1. The minimum atomic E-state index is -1.47. The van der Waals surface area contributed by atoms with Crippen molar-refractivity contribution in [2.45, 2.75) is 142 Å². The highest BCUT2D eigenvalue weighted by Crippen LogP contribution is 2.40. The average Bonchev–Trinajstić information content (AvgIpc) is 3.17. The van der Waals surface area contributed by atoms with Crippen LogP contribution in [0.2, 0.25) is 6.32 Å². The molecular formula is C26H49BN2O8. The second-order valence-corrected chi connectivity index (χ2v) is 13.4. The maximum atomic E-state index is 13.2. The largest absolute Gasteiger partial charge is 0.479 e. The van der Waals surface area contributed by atoms with Crippen LogP contribution in [-0.2, 0) is 23.6 Å². The number of carboxylic acid groups (broad SMARTS) is 1. The van der Waals surface area contributed by atoms with Gasteiger partial charge in [-0.2, -0.15) is 0 Å². The van der Waals surface area contributed by atoms with Crippen LogP contribution in [0.1, 0.15) is 94.9 Å². The molecule has 37 heavy (non-hydrogen) atoms. The lowest BCUT2D eigenvalue weighted by molar-refractivity contribution is -0.240. The van der Waals surface area contributed by atoms with E-state index in [2.05, 4.69) is 0 Å². The third-order valence-electron chi connectivity index (χ3n) is 7.46. The zero-order chi connectivity index (χ0) is 28.6. The monoisotopic (exact) mass is 528 g/mol. The molecule has 0 aromatic rings. The van der Waals surface area contributed by atoms with E-state index in [1.807, 2.05) is 48.5 Å². The molecule has 2 N–H and O–H groups in total. The molecule has 2 saturated heterocycles. The van der Waals surface area contributed by atoms with Crippen LogP contribution >= 0.6 is 0 Å². The van der Waals surface area contributed by atoms with Gasteiger partial charge in [-0.15, -0.1) is 0 Å². The van der Waals surface area contributed by atoms with Gasteiger partial charge in [-0.3, -0.25) is 9.80 Å². The Morgan fingerprint density at radius 3 is 2.05 bits per heavy atom. The van der Waals surface area contributed by atoms with Crippen LogP contribution in [0, 0.1) is 0 Å². The number of aliphatic hydroxyl groups is 1. The quantitative estimate of drug-likeness (QED) is 0.259. The summed E-state index contributed by atoms with van der Waals surface area (Å²) in [6.07, 6.45) is 0.288. The molecule has 0 bridgehead atoms. The first kappa shape index (κ1) is 31.8. The van der Waals surface area contributed by atoms with Gasteiger partial charge in [0.05, 0.1) is 16.8 Å². The van der Waals surface area contributed by atoms with E-state index in [-0.39, 0.29) is 26.5 Å². The van der Waals surface area contributed by atoms with Crippen molar-refractivity contribution < 1.29 is 38.6 Å². The number of amides is 1. The smallest absolute Gasteiger partial charge is 0.457 e. The fourth-order valence-corrected chi connectivity index (χ4v) is 4.73. The Bertz CT molecular complexity index is 806. The highest BCUT2D eigenvalue weighted by Gasteiger charge is 2.56. The second kappa shape index (κ2) is 11.0. The number of unbranched alkanes of at least 4 members (excludes halogenated alkanes) is 1. The zero-order valence-corrected chi connectivity index (χ0v) is 24.7. The average molecular weight is 528 g/mol. The van der Waals surface area contributed by atoms with Gasteiger partial charge in [0.2, 0.25) is 6.41 Å². The molecule has 1 unspecified atom stereocenters. The highest BCUT2D eigenvalue weighted by molar-refractivity contribution is 6.45. The summed E-state index contributed by atoms with van der Waals surface area (Å²) >= 11 is 0. The summed E-state index contributed by atoms with van der Waals surface area (Å²) < 4.78 is 23.4. The van der Waals surface area contributed by atoms with Gasteiger partial charge in [0.1, 0.15) is 11.1 Å². The van der Waals surface area contributed by atoms with Crippen molar-refractivity contribution in [3.63, 3.8) is 0 Å². The van der Waals surface area contributed by atoms with Crippen molar-refractivity contribution in [2.75, 3.05) is 13.6 Å². The molecule has 2 fully saturated rings. The fraction of sp³-hybridized carbons (Fsp3) is 0.923. The lowest BCUT2D eigenvalue weighted by Gasteiger charge is -2.35. The summed E-state index contributed by atoms with van der Waals surface area (Å²) in [6.45, 7) is 18.8. The van der Waals surface area contributed by atoms with Crippen molar-refractivity contribution in [3.8, 4) is 0 Å². The van der Waals surface area contributed by atoms with Crippen LogP contribution in [0.5, 0.6) is 0 Å². The van der Waals surface area contributed by atoms with E-state index >= 15 is 0 Å². The van der Waals surface area contributed by atoms with Gasteiger partial charge in [0.25, 0.3) is 0 Å². The number of likely N-dealkylation sites (tertiary alicyclic amines) is 1. The number of rotatable bonds is 9. The number of ether oxygens (including phenoxy) is 2. The summed E-state index contributed by atoms with van der Waals surface area (Å²) in [5.74, 6) is -1.09. The molecule has 0 saturated carbocycles. The van der Waals surface area contributed by atoms with Crippen LogP contribution in [0.3, 0.4) is 0 Å². The molecule has 2 aliphatic rings. The first-order valence-electron chi connectivity index (χ1n) is 13.3. The number of carboxylic acids is 1. The minimum absolute atomic E-state index is 0.0967. The molecule has 2 rings (SSSR count). The normalized spacial score (nSPS) is 26.6. The van der Waals surface area contributed by atoms with Crippen LogP contribution < -0.4 is 0 Å². The van der Waals surface area contributed by atoms with E-state index in [1.54, 1.807) is 32.7 Å². The number of hydrogen-bond donors (Lipinski definition) is 2. The predicted octanol–water partition coefficient (Wildman–Crippen LogP) is 4.10. The molecule has 3 atom stereocenters. The molecule has 0 aromatic heterocycles. The number of carbonyl (C=O) groups excluding carboxylic acids is 1. The fourth-order valence-electron chi connectivity index (χ4n) is 4.73. The van der Waals surface area contributed by atoms with Crippen molar-refractivity contribution in [1.82, 2.24) is 9.80 Å². The van der Waals surface area contributed by atoms with E-state index in [9.17, 15) is 19.8 Å². The van der Waals surface area contributed by atoms with E-state index in [0.717, 1.165) is 0 Å². The van der Waals surface area contributed by atoms with E-state index in [4.69, 9.17) is 18.8 Å². The van der Waals surface area contributed by atoms with Gasteiger partial charge in [-0.1, -0.05) is 12.8 Å². The highest BCUT2D eigenvalue weighted by atomic mass is 16.7. The molecule has 0 aliphatic carbocycles. The molecule has 0 radical (unpaired) electrons. The summed E-state index contributed by atoms with van der Waals surface area (Å²) in [6, 6.07) is -0.441. The maximum absolute atomic E-state index is 13.2. The van der Waals surface area contributed by atoms with Gasteiger partial charge in [0, 0.05) is 12.6 Å². The van der Waals surface area contributed by atoms with Gasteiger partial charge in [-0.25, -0.2) is 9.59 Å². The third kappa shape index (κ3) is 7.82. The Balaban J connectivity index is 2.18. The Labute approximate surface area is 223 Å². The Morgan fingerprint density at radius 2 is 1.59 bits per heavy atom. The van der Waals surface area contributed by atoms with E-state index in [0.29, 0.717) is 19.2 Å². The van der Waals surface area contributed by atoms with E-state index < -0.39 is 52.5 Å². The van der Waals surface area contributed by atoms with Crippen molar-refractivity contribution >= 4 is 19.2 Å². The lowest BCUT2D eigenvalue weighted by atomic mass is 9.80. The third-order valence-corrected chi connectivity index (χ3v) is 7.46.